The molecule has 0 aliphatic rings. The van der Waals surface area contributed by atoms with E-state index in [0.29, 0.717) is 10.0 Å². The van der Waals surface area contributed by atoms with E-state index in [1.165, 1.54) is 28.2 Å². The summed E-state index contributed by atoms with van der Waals surface area (Å²) in [5.41, 5.74) is 1.33. The molecular formula is C16H15N3OS2. The maximum atomic E-state index is 11.9. The maximum absolute atomic E-state index is 11.9. The first-order valence-electron chi connectivity index (χ1n) is 7.02. The van der Waals surface area contributed by atoms with Gasteiger partial charge in [-0.05, 0) is 29.9 Å². The summed E-state index contributed by atoms with van der Waals surface area (Å²) >= 11 is 2.86. The number of thiophene rings is 1. The van der Waals surface area contributed by atoms with Crippen LogP contribution >= 0.6 is 22.7 Å². The van der Waals surface area contributed by atoms with Crippen molar-refractivity contribution in [3.05, 3.63) is 63.3 Å². The third-order valence-electron chi connectivity index (χ3n) is 3.13. The Balaban J connectivity index is 1.50. The van der Waals surface area contributed by atoms with Crippen molar-refractivity contribution in [3.8, 4) is 0 Å². The first kappa shape index (κ1) is 14.9. The Morgan fingerprint density at radius 3 is 2.68 bits per heavy atom. The van der Waals surface area contributed by atoms with Crippen molar-refractivity contribution < 1.29 is 4.79 Å². The Labute approximate surface area is 136 Å². The Bertz CT molecular complexity index is 723. The highest BCUT2D eigenvalue weighted by Crippen LogP contribution is 2.19. The minimum Gasteiger partial charge on any atom is -0.296 e. The lowest BCUT2D eigenvalue weighted by atomic mass is 10.1. The predicted molar refractivity (Wildman–Crippen MR) is 90.6 cm³/mol. The summed E-state index contributed by atoms with van der Waals surface area (Å²) in [7, 11) is 0. The Morgan fingerprint density at radius 2 is 1.91 bits per heavy atom. The number of carbonyl (C=O) groups excluding carboxylic acids is 1. The summed E-state index contributed by atoms with van der Waals surface area (Å²) in [5, 5.41) is 14.4. The van der Waals surface area contributed by atoms with Crippen molar-refractivity contribution in [2.24, 2.45) is 0 Å². The van der Waals surface area contributed by atoms with Crippen molar-refractivity contribution in [2.75, 3.05) is 5.32 Å². The average molecular weight is 329 g/mol. The number of aryl methyl sites for hydroxylation is 2. The van der Waals surface area contributed by atoms with Gasteiger partial charge in [0.15, 0.2) is 0 Å². The summed E-state index contributed by atoms with van der Waals surface area (Å²) in [5.74, 6) is -0.123. The fourth-order valence-electron chi connectivity index (χ4n) is 2.06. The third kappa shape index (κ3) is 3.99. The molecule has 0 aliphatic carbocycles. The van der Waals surface area contributed by atoms with Gasteiger partial charge < -0.3 is 0 Å². The summed E-state index contributed by atoms with van der Waals surface area (Å²) in [6.07, 6.45) is 2.93. The Hall–Kier alpha value is -2.05. The number of rotatable bonds is 6. The van der Waals surface area contributed by atoms with Crippen LogP contribution in [0.5, 0.6) is 0 Å². The van der Waals surface area contributed by atoms with Gasteiger partial charge in [-0.25, -0.2) is 0 Å². The Morgan fingerprint density at radius 1 is 1.05 bits per heavy atom. The zero-order valence-corrected chi connectivity index (χ0v) is 13.5. The van der Waals surface area contributed by atoms with Gasteiger partial charge in [0, 0.05) is 6.42 Å². The lowest BCUT2D eigenvalue weighted by Crippen LogP contribution is -2.09. The van der Waals surface area contributed by atoms with Crippen LogP contribution in [0.4, 0.5) is 5.13 Å². The van der Waals surface area contributed by atoms with Gasteiger partial charge in [0.05, 0.1) is 4.88 Å². The molecule has 22 heavy (non-hydrogen) atoms. The second-order valence-corrected chi connectivity index (χ2v) is 6.78. The molecule has 1 amide bonds. The molecule has 0 atom stereocenters. The predicted octanol–water partition coefficient (Wildman–Crippen LogP) is 4.03. The van der Waals surface area contributed by atoms with Gasteiger partial charge >= 0.3 is 0 Å². The first-order valence-corrected chi connectivity index (χ1v) is 8.72. The number of aromatic nitrogens is 2. The second-order valence-electron chi connectivity index (χ2n) is 4.77. The van der Waals surface area contributed by atoms with E-state index >= 15 is 0 Å². The lowest BCUT2D eigenvalue weighted by molar-refractivity contribution is 0.103. The lowest BCUT2D eigenvalue weighted by Gasteiger charge is -1.98. The highest BCUT2D eigenvalue weighted by Gasteiger charge is 2.10. The first-order chi connectivity index (χ1) is 10.8. The number of nitrogens with zero attached hydrogens (tertiary/aromatic N) is 2. The van der Waals surface area contributed by atoms with Crippen LogP contribution in [-0.4, -0.2) is 16.1 Å². The van der Waals surface area contributed by atoms with Gasteiger partial charge in [-0.1, -0.05) is 47.7 Å². The molecule has 1 aromatic carbocycles. The van der Waals surface area contributed by atoms with E-state index in [9.17, 15) is 4.79 Å². The second kappa shape index (κ2) is 7.29. The van der Waals surface area contributed by atoms with E-state index in [1.807, 2.05) is 17.5 Å². The van der Waals surface area contributed by atoms with Crippen LogP contribution in [0.2, 0.25) is 0 Å². The molecule has 0 bridgehead atoms. The molecule has 0 fully saturated rings. The van der Waals surface area contributed by atoms with E-state index in [4.69, 9.17) is 0 Å². The Kier molecular flexibility index (Phi) is 4.92. The fraction of sp³-hybridized carbons (Fsp3) is 0.188. The average Bonchev–Trinajstić information content (AvgIpc) is 3.20. The van der Waals surface area contributed by atoms with Crippen LogP contribution in [0, 0.1) is 0 Å². The van der Waals surface area contributed by atoms with E-state index in [-0.39, 0.29) is 5.91 Å². The van der Waals surface area contributed by atoms with Gasteiger partial charge in [0.2, 0.25) is 5.13 Å². The van der Waals surface area contributed by atoms with Crippen molar-refractivity contribution in [2.45, 2.75) is 19.3 Å². The number of anilines is 1. The van der Waals surface area contributed by atoms with Crippen molar-refractivity contribution >= 4 is 33.7 Å². The van der Waals surface area contributed by atoms with E-state index in [0.717, 1.165) is 24.3 Å². The summed E-state index contributed by atoms with van der Waals surface area (Å²) in [4.78, 5) is 12.6. The summed E-state index contributed by atoms with van der Waals surface area (Å²) in [6, 6.07) is 14.0. The van der Waals surface area contributed by atoms with E-state index < -0.39 is 0 Å². The molecule has 0 saturated heterocycles. The number of hydrogen-bond acceptors (Lipinski definition) is 5. The zero-order chi connectivity index (χ0) is 15.2. The van der Waals surface area contributed by atoms with Crippen molar-refractivity contribution in [3.63, 3.8) is 0 Å². The molecular weight excluding hydrogens is 314 g/mol. The van der Waals surface area contributed by atoms with E-state index in [2.05, 4.69) is 39.8 Å². The van der Waals surface area contributed by atoms with Gasteiger partial charge in [-0.3, -0.25) is 10.1 Å². The van der Waals surface area contributed by atoms with Gasteiger partial charge in [-0.2, -0.15) is 0 Å². The molecule has 2 aromatic heterocycles. The maximum Gasteiger partial charge on any atom is 0.267 e. The van der Waals surface area contributed by atoms with Gasteiger partial charge in [0.1, 0.15) is 5.01 Å². The molecule has 6 heteroatoms. The smallest absolute Gasteiger partial charge is 0.267 e. The normalized spacial score (nSPS) is 10.5. The molecule has 3 aromatic rings. The van der Waals surface area contributed by atoms with Crippen LogP contribution in [0.25, 0.3) is 0 Å². The largest absolute Gasteiger partial charge is 0.296 e. The van der Waals surface area contributed by atoms with Crippen LogP contribution in [0.1, 0.15) is 26.7 Å². The number of hydrogen-bond donors (Lipinski definition) is 1. The molecule has 0 radical (unpaired) electrons. The minimum atomic E-state index is -0.123. The van der Waals surface area contributed by atoms with Gasteiger partial charge in [-0.15, -0.1) is 21.5 Å². The molecule has 3 rings (SSSR count). The van der Waals surface area contributed by atoms with Crippen LogP contribution < -0.4 is 5.32 Å². The number of nitrogens with one attached hydrogen (secondary N) is 1. The van der Waals surface area contributed by atoms with Gasteiger partial charge in [0.25, 0.3) is 5.91 Å². The zero-order valence-electron chi connectivity index (χ0n) is 11.9. The molecule has 112 valence electrons. The molecule has 0 unspecified atom stereocenters. The molecule has 4 nitrogen and oxygen atoms in total. The van der Waals surface area contributed by atoms with Crippen LogP contribution in [-0.2, 0) is 12.8 Å². The standard InChI is InChI=1S/C16H15N3OS2/c20-15(13-9-5-11-21-13)17-16-19-18-14(22-16)10-4-8-12-6-2-1-3-7-12/h1-3,5-7,9,11H,4,8,10H2,(H,17,19,20). The highest BCUT2D eigenvalue weighted by molar-refractivity contribution is 7.15. The molecule has 0 spiro atoms. The molecule has 0 saturated carbocycles. The van der Waals surface area contributed by atoms with E-state index in [1.54, 1.807) is 6.07 Å². The highest BCUT2D eigenvalue weighted by atomic mass is 32.1. The van der Waals surface area contributed by atoms with Crippen molar-refractivity contribution in [1.82, 2.24) is 10.2 Å². The summed E-state index contributed by atoms with van der Waals surface area (Å²) < 4.78 is 0. The number of benzene rings is 1. The van der Waals surface area contributed by atoms with Crippen LogP contribution in [0.15, 0.2) is 47.8 Å². The monoisotopic (exact) mass is 329 g/mol. The molecule has 1 N–H and O–H groups in total. The van der Waals surface area contributed by atoms with Crippen LogP contribution in [0.3, 0.4) is 0 Å². The molecule has 0 aliphatic heterocycles. The van der Waals surface area contributed by atoms with Crippen molar-refractivity contribution in [1.29, 1.82) is 0 Å². The SMILES string of the molecule is O=C(Nc1nnc(CCCc2ccccc2)s1)c1cccs1. The summed E-state index contributed by atoms with van der Waals surface area (Å²) in [6.45, 7) is 0. The minimum absolute atomic E-state index is 0.123. The molecule has 2 heterocycles. The third-order valence-corrected chi connectivity index (χ3v) is 4.90. The number of carbonyl (C=O) groups is 1. The fourth-order valence-corrected chi connectivity index (χ4v) is 3.46. The topological polar surface area (TPSA) is 54.9 Å². The number of amides is 1. The quantitative estimate of drug-likeness (QED) is 0.743.